The zero-order chi connectivity index (χ0) is 22.5. The second-order valence-corrected chi connectivity index (χ2v) is 10.8. The molecule has 1 N–H and O–H groups in total. The van der Waals surface area contributed by atoms with Crippen molar-refractivity contribution < 1.29 is 4.79 Å². The number of carbonyl (C=O) groups is 1. The molecule has 1 aliphatic carbocycles. The van der Waals surface area contributed by atoms with Crippen LogP contribution >= 0.6 is 11.3 Å². The van der Waals surface area contributed by atoms with Crippen LogP contribution in [0, 0.1) is 0 Å². The average Bonchev–Trinajstić information content (AvgIpc) is 3.41. The van der Waals surface area contributed by atoms with E-state index in [-0.39, 0.29) is 12.1 Å². The van der Waals surface area contributed by atoms with Crippen LogP contribution in [0.1, 0.15) is 65.1 Å². The number of likely N-dealkylation sites (N-methyl/N-ethyl adjacent to an activating group) is 1. The summed E-state index contributed by atoms with van der Waals surface area (Å²) in [6.45, 7) is 4.94. The lowest BCUT2D eigenvalue weighted by molar-refractivity contribution is 0.181. The van der Waals surface area contributed by atoms with Gasteiger partial charge in [-0.25, -0.2) is 4.79 Å². The summed E-state index contributed by atoms with van der Waals surface area (Å²) in [6, 6.07) is 10.8. The monoisotopic (exact) mass is 460 g/mol. The Morgan fingerprint density at radius 3 is 2.82 bits per heavy atom. The summed E-state index contributed by atoms with van der Waals surface area (Å²) in [5, 5.41) is 4.64. The zero-order valence-electron chi connectivity index (χ0n) is 19.6. The second kappa shape index (κ2) is 8.33. The molecule has 6 heteroatoms. The lowest BCUT2D eigenvalue weighted by Crippen LogP contribution is -2.38. The molecule has 1 aromatic carbocycles. The first-order valence-corrected chi connectivity index (χ1v) is 13.1. The molecule has 1 atom stereocenters. The number of fused-ring (bicyclic) bond motifs is 6. The lowest BCUT2D eigenvalue weighted by Gasteiger charge is -2.31. The highest BCUT2D eigenvalue weighted by Gasteiger charge is 2.35. The molecule has 5 nitrogen and oxygen atoms in total. The van der Waals surface area contributed by atoms with Crippen LogP contribution in [0.4, 0.5) is 10.5 Å². The van der Waals surface area contributed by atoms with Crippen molar-refractivity contribution in [2.24, 2.45) is 0 Å². The fourth-order valence-corrected chi connectivity index (χ4v) is 7.40. The Hall–Kier alpha value is -2.57. The summed E-state index contributed by atoms with van der Waals surface area (Å²) in [5.74, 6) is 0. The molecule has 2 aliphatic heterocycles. The van der Waals surface area contributed by atoms with Crippen molar-refractivity contribution in [3.63, 3.8) is 0 Å². The number of urea groups is 1. The standard InChI is InChI=1S/C27H32N4OS/c1-3-23-24-12-7-14-30(24)26-21(20-13-15-29(2)17-25(20)33-26)16-31(23)27(32)28-22-11-6-9-18-8-4-5-10-19(18)22/h6-7,9,11-12,14,23H,3-5,8,10,13,15-17H2,1-2H3,(H,28,32). The molecule has 0 saturated carbocycles. The number of benzene rings is 1. The van der Waals surface area contributed by atoms with Gasteiger partial charge in [-0.1, -0.05) is 19.1 Å². The van der Waals surface area contributed by atoms with Gasteiger partial charge < -0.3 is 19.7 Å². The number of nitrogens with one attached hydrogen (secondary N) is 1. The Bertz CT molecular complexity index is 1210. The van der Waals surface area contributed by atoms with Crippen LogP contribution in [0.25, 0.3) is 5.00 Å². The molecule has 1 unspecified atom stereocenters. The molecular weight excluding hydrogens is 428 g/mol. The molecule has 3 aromatic rings. The van der Waals surface area contributed by atoms with Crippen LogP contribution in [0.5, 0.6) is 0 Å². The maximum Gasteiger partial charge on any atom is 0.322 e. The number of anilines is 1. The molecule has 2 aromatic heterocycles. The largest absolute Gasteiger partial charge is 0.322 e. The number of thiophene rings is 1. The van der Waals surface area contributed by atoms with Gasteiger partial charge in [0.1, 0.15) is 5.00 Å². The summed E-state index contributed by atoms with van der Waals surface area (Å²) in [7, 11) is 2.20. The topological polar surface area (TPSA) is 40.5 Å². The Morgan fingerprint density at radius 2 is 1.94 bits per heavy atom. The van der Waals surface area contributed by atoms with Gasteiger partial charge in [0.2, 0.25) is 0 Å². The lowest BCUT2D eigenvalue weighted by atomic mass is 9.90. The molecule has 33 heavy (non-hydrogen) atoms. The molecule has 0 radical (unpaired) electrons. The molecule has 6 rings (SSSR count). The minimum atomic E-state index is 0.0225. The van der Waals surface area contributed by atoms with E-state index in [4.69, 9.17) is 0 Å². The van der Waals surface area contributed by atoms with Crippen LogP contribution < -0.4 is 5.32 Å². The maximum atomic E-state index is 13.9. The van der Waals surface area contributed by atoms with Gasteiger partial charge in [0, 0.05) is 41.1 Å². The van der Waals surface area contributed by atoms with E-state index in [0.717, 1.165) is 44.5 Å². The summed E-state index contributed by atoms with van der Waals surface area (Å²) in [4.78, 5) is 19.8. The fourth-order valence-electron chi connectivity index (χ4n) is 5.96. The molecule has 0 spiro atoms. The van der Waals surface area contributed by atoms with Crippen LogP contribution in [0.2, 0.25) is 0 Å². The number of aryl methyl sites for hydroxylation is 1. The van der Waals surface area contributed by atoms with E-state index < -0.39 is 0 Å². The van der Waals surface area contributed by atoms with Gasteiger partial charge in [0.15, 0.2) is 0 Å². The molecule has 0 fully saturated rings. The number of nitrogens with zero attached hydrogens (tertiary/aromatic N) is 3. The third-order valence-corrected chi connectivity index (χ3v) is 8.92. The summed E-state index contributed by atoms with van der Waals surface area (Å²) in [5.41, 5.74) is 7.77. The second-order valence-electron chi connectivity index (χ2n) is 9.71. The van der Waals surface area contributed by atoms with Crippen molar-refractivity contribution in [3.05, 3.63) is 69.4 Å². The predicted octanol–water partition coefficient (Wildman–Crippen LogP) is 5.90. The first kappa shape index (κ1) is 21.0. The van der Waals surface area contributed by atoms with Gasteiger partial charge in [-0.05, 0) is 80.5 Å². The van der Waals surface area contributed by atoms with E-state index in [1.54, 1.807) is 0 Å². The SMILES string of the molecule is CCC1c2cccn2-c2sc3c(c2CN1C(=O)Nc1cccc2c1CCCC2)CCN(C)C3. The Balaban J connectivity index is 1.39. The van der Waals surface area contributed by atoms with Gasteiger partial charge in [0.25, 0.3) is 0 Å². The predicted molar refractivity (Wildman–Crippen MR) is 134 cm³/mol. The smallest absolute Gasteiger partial charge is 0.312 e. The molecule has 4 heterocycles. The third-order valence-electron chi connectivity index (χ3n) is 7.67. The first-order chi connectivity index (χ1) is 16.1. The number of hydrogen-bond acceptors (Lipinski definition) is 3. The molecule has 0 saturated heterocycles. The molecule has 2 amide bonds. The minimum Gasteiger partial charge on any atom is -0.312 e. The molecule has 0 bridgehead atoms. The summed E-state index contributed by atoms with van der Waals surface area (Å²) >= 11 is 1.91. The zero-order valence-corrected chi connectivity index (χ0v) is 20.4. The minimum absolute atomic E-state index is 0.0225. The number of amides is 2. The first-order valence-electron chi connectivity index (χ1n) is 12.3. The average molecular weight is 461 g/mol. The fraction of sp³-hybridized carbons (Fsp3) is 0.444. The van der Waals surface area contributed by atoms with Crippen molar-refractivity contribution >= 4 is 23.1 Å². The van der Waals surface area contributed by atoms with E-state index in [2.05, 4.69) is 70.2 Å². The van der Waals surface area contributed by atoms with Crippen LogP contribution in [-0.4, -0.2) is 34.0 Å². The van der Waals surface area contributed by atoms with E-state index in [9.17, 15) is 4.79 Å². The van der Waals surface area contributed by atoms with Gasteiger partial charge in [0.05, 0.1) is 12.6 Å². The highest BCUT2D eigenvalue weighted by Crippen LogP contribution is 2.42. The van der Waals surface area contributed by atoms with E-state index >= 15 is 0 Å². The highest BCUT2D eigenvalue weighted by atomic mass is 32.1. The van der Waals surface area contributed by atoms with Crippen molar-refractivity contribution in [3.8, 4) is 5.00 Å². The summed E-state index contributed by atoms with van der Waals surface area (Å²) in [6.07, 6.45) is 8.75. The number of carbonyl (C=O) groups excluding carboxylic acids is 1. The quantitative estimate of drug-likeness (QED) is 0.517. The Morgan fingerprint density at radius 1 is 1.06 bits per heavy atom. The van der Waals surface area contributed by atoms with Crippen molar-refractivity contribution in [1.29, 1.82) is 0 Å². The maximum absolute atomic E-state index is 13.9. The third kappa shape index (κ3) is 3.51. The Kier molecular flexibility index (Phi) is 5.30. The highest BCUT2D eigenvalue weighted by molar-refractivity contribution is 7.15. The van der Waals surface area contributed by atoms with Gasteiger partial charge in [-0.2, -0.15) is 0 Å². The van der Waals surface area contributed by atoms with Crippen molar-refractivity contribution in [2.45, 2.75) is 64.6 Å². The van der Waals surface area contributed by atoms with Crippen molar-refractivity contribution in [2.75, 3.05) is 18.9 Å². The molecular formula is C27H32N4OS. The van der Waals surface area contributed by atoms with Gasteiger partial charge >= 0.3 is 6.03 Å². The van der Waals surface area contributed by atoms with E-state index in [1.165, 1.54) is 50.7 Å². The van der Waals surface area contributed by atoms with Crippen LogP contribution in [-0.2, 0) is 32.4 Å². The van der Waals surface area contributed by atoms with Gasteiger partial charge in [-0.15, -0.1) is 11.3 Å². The van der Waals surface area contributed by atoms with Crippen LogP contribution in [0.3, 0.4) is 0 Å². The van der Waals surface area contributed by atoms with Gasteiger partial charge in [-0.3, -0.25) is 0 Å². The van der Waals surface area contributed by atoms with E-state index in [0.29, 0.717) is 6.54 Å². The number of rotatable bonds is 2. The normalized spacial score (nSPS) is 19.8. The van der Waals surface area contributed by atoms with Crippen LogP contribution in [0.15, 0.2) is 36.5 Å². The molecule has 3 aliphatic rings. The van der Waals surface area contributed by atoms with Crippen molar-refractivity contribution in [1.82, 2.24) is 14.4 Å². The van der Waals surface area contributed by atoms with E-state index in [1.807, 2.05) is 11.3 Å². The number of hydrogen-bond donors (Lipinski definition) is 1. The number of aromatic nitrogens is 1. The summed E-state index contributed by atoms with van der Waals surface area (Å²) < 4.78 is 2.35. The Labute approximate surface area is 200 Å². The molecule has 172 valence electrons.